The van der Waals surface area contributed by atoms with E-state index in [-0.39, 0.29) is 55.5 Å². The lowest BCUT2D eigenvalue weighted by Crippen LogP contribution is -2.37. The number of aryl methyl sites for hydroxylation is 1. The number of methoxy groups -OCH3 is 2. The molecule has 2 aliphatic rings. The molecule has 15 nitrogen and oxygen atoms in total. The van der Waals surface area contributed by atoms with E-state index in [9.17, 15) is 24.0 Å². The second kappa shape index (κ2) is 17.5. The molecule has 0 saturated carbocycles. The van der Waals surface area contributed by atoms with Crippen molar-refractivity contribution in [2.75, 3.05) is 42.9 Å². The van der Waals surface area contributed by atoms with Gasteiger partial charge in [-0.1, -0.05) is 31.5 Å². The zero-order valence-corrected chi connectivity index (χ0v) is 32.5. The van der Waals surface area contributed by atoms with Gasteiger partial charge in [-0.25, -0.2) is 0 Å². The summed E-state index contributed by atoms with van der Waals surface area (Å²) in [5.74, 6) is -0.818. The van der Waals surface area contributed by atoms with Crippen molar-refractivity contribution in [2.24, 2.45) is 4.99 Å². The number of hydrogen-bond donors (Lipinski definition) is 3. The first-order valence-electron chi connectivity index (χ1n) is 19.2. The number of carbonyl (C=O) groups is 5. The number of unbranched alkanes of at least 4 members (excludes halogenated alkanes) is 1. The SMILES string of the molecule is CCCCn1cc(NC(=O)CCCOc2cc3c(cc2OC)C(=O)N2c4ccccc4C[C@H]2C=N3)cc1C(=O)Nc1ccc2oc(C(=O)NCCC(=O)OC)cc2c1. The van der Waals surface area contributed by atoms with Gasteiger partial charge in [0, 0.05) is 61.2 Å². The number of benzene rings is 3. The van der Waals surface area contributed by atoms with Crippen LogP contribution in [-0.2, 0) is 27.3 Å². The van der Waals surface area contributed by atoms with E-state index in [0.29, 0.717) is 70.2 Å². The second-order valence-electron chi connectivity index (χ2n) is 13.9. The highest BCUT2D eigenvalue weighted by molar-refractivity contribution is 6.15. The number of amides is 4. The number of nitrogens with one attached hydrogen (secondary N) is 3. The van der Waals surface area contributed by atoms with Gasteiger partial charge < -0.3 is 39.1 Å². The Hall–Kier alpha value is -6.90. The number of furan rings is 1. The predicted octanol–water partition coefficient (Wildman–Crippen LogP) is 6.67. The molecule has 3 N–H and O–H groups in total. The van der Waals surface area contributed by atoms with Crippen LogP contribution in [0.1, 0.15) is 76.0 Å². The largest absolute Gasteiger partial charge is 0.493 e. The van der Waals surface area contributed by atoms with Crippen molar-refractivity contribution < 1.29 is 42.6 Å². The number of esters is 1. The quantitative estimate of drug-likeness (QED) is 0.0726. The van der Waals surface area contributed by atoms with Gasteiger partial charge in [-0.2, -0.15) is 0 Å². The van der Waals surface area contributed by atoms with E-state index < -0.39 is 11.9 Å². The maximum Gasteiger partial charge on any atom is 0.307 e. The smallest absolute Gasteiger partial charge is 0.307 e. The number of aromatic nitrogens is 1. The molecule has 0 radical (unpaired) electrons. The van der Waals surface area contributed by atoms with Crippen LogP contribution in [-0.4, -0.2) is 73.8 Å². The van der Waals surface area contributed by atoms with Crippen LogP contribution in [0.5, 0.6) is 11.5 Å². The summed E-state index contributed by atoms with van der Waals surface area (Å²) in [4.78, 5) is 70.6. The van der Waals surface area contributed by atoms with Crippen molar-refractivity contribution in [3.05, 3.63) is 95.5 Å². The Bertz CT molecular complexity index is 2410. The molecule has 0 spiro atoms. The molecule has 1 atom stereocenters. The van der Waals surface area contributed by atoms with E-state index in [1.165, 1.54) is 14.2 Å². The van der Waals surface area contributed by atoms with E-state index in [1.807, 2.05) is 28.8 Å². The Morgan fingerprint density at radius 1 is 0.914 bits per heavy atom. The van der Waals surface area contributed by atoms with Gasteiger partial charge in [-0.3, -0.25) is 33.9 Å². The number of nitrogens with zero attached hydrogens (tertiary/aromatic N) is 3. The predicted molar refractivity (Wildman–Crippen MR) is 218 cm³/mol. The molecule has 3 aromatic carbocycles. The standard InChI is InChI=1S/C43H44N6O9/c1-4-5-16-48-25-29(21-34(48)41(52)47-28-12-13-35-27(18-28)20-38(58-35)42(53)44-15-14-40(51)56-3)46-39(50)11-8-17-57-37-23-32-31(22-36(37)55-2)43(54)49-30(24-45-32)19-26-9-6-7-10-33(26)49/h6-7,9-10,12-13,18,20-25,30H,4-5,8,11,14-17,19H2,1-3H3,(H,44,53)(H,46,50)(H,47,52)/t30-/m0/s1. The third-order valence-electron chi connectivity index (χ3n) is 9.94. The number of hydrogen-bond acceptors (Lipinski definition) is 10. The van der Waals surface area contributed by atoms with Crippen molar-refractivity contribution in [2.45, 2.75) is 58.0 Å². The summed E-state index contributed by atoms with van der Waals surface area (Å²) in [5.41, 5.74) is 4.68. The monoisotopic (exact) mass is 788 g/mol. The van der Waals surface area contributed by atoms with Gasteiger partial charge in [0.2, 0.25) is 5.91 Å². The first-order chi connectivity index (χ1) is 28.1. The number of carbonyl (C=O) groups excluding carboxylic acids is 5. The fourth-order valence-corrected chi connectivity index (χ4v) is 7.01. The van der Waals surface area contributed by atoms with E-state index in [4.69, 9.17) is 13.9 Å². The molecule has 4 heterocycles. The first-order valence-corrected chi connectivity index (χ1v) is 19.2. The molecule has 0 aliphatic carbocycles. The van der Waals surface area contributed by atoms with Crippen LogP contribution in [0.15, 0.2) is 82.3 Å². The molecule has 15 heteroatoms. The van der Waals surface area contributed by atoms with Crippen molar-refractivity contribution in [3.63, 3.8) is 0 Å². The summed E-state index contributed by atoms with van der Waals surface area (Å²) in [6, 6.07) is 19.2. The maximum absolute atomic E-state index is 13.7. The van der Waals surface area contributed by atoms with Gasteiger partial charge in [0.15, 0.2) is 17.3 Å². The fraction of sp³-hybridized carbons (Fsp3) is 0.302. The summed E-state index contributed by atoms with van der Waals surface area (Å²) >= 11 is 0. The molecule has 58 heavy (non-hydrogen) atoms. The number of rotatable bonds is 16. The molecule has 5 aromatic rings. The summed E-state index contributed by atoms with van der Waals surface area (Å²) in [6.07, 6.45) is 6.53. The molecular weight excluding hydrogens is 745 g/mol. The van der Waals surface area contributed by atoms with Gasteiger partial charge in [0.25, 0.3) is 17.7 Å². The molecule has 7 rings (SSSR count). The lowest BCUT2D eigenvalue weighted by Gasteiger charge is -2.22. The third kappa shape index (κ3) is 8.57. The van der Waals surface area contributed by atoms with Crippen LogP contribution in [0.3, 0.4) is 0 Å². The number of fused-ring (bicyclic) bond motifs is 5. The van der Waals surface area contributed by atoms with E-state index >= 15 is 0 Å². The van der Waals surface area contributed by atoms with Crippen LogP contribution >= 0.6 is 0 Å². The number of aliphatic imine (C=N–C) groups is 1. The van der Waals surface area contributed by atoms with Gasteiger partial charge in [0.1, 0.15) is 11.3 Å². The number of para-hydroxylation sites is 1. The zero-order chi connectivity index (χ0) is 40.8. The van der Waals surface area contributed by atoms with Crippen LogP contribution in [0.25, 0.3) is 11.0 Å². The van der Waals surface area contributed by atoms with Crippen LogP contribution in [0.4, 0.5) is 22.7 Å². The molecule has 0 fully saturated rings. The van der Waals surface area contributed by atoms with Crippen molar-refractivity contribution in [3.8, 4) is 11.5 Å². The number of anilines is 3. The summed E-state index contributed by atoms with van der Waals surface area (Å²) < 4.78 is 23.7. The molecule has 2 aromatic heterocycles. The highest BCUT2D eigenvalue weighted by Gasteiger charge is 2.36. The Balaban J connectivity index is 0.945. The molecule has 0 bridgehead atoms. The van der Waals surface area contributed by atoms with Gasteiger partial charge in [-0.05, 0) is 60.9 Å². The summed E-state index contributed by atoms with van der Waals surface area (Å²) in [7, 11) is 2.79. The Morgan fingerprint density at radius 2 is 1.76 bits per heavy atom. The minimum atomic E-state index is -0.479. The highest BCUT2D eigenvalue weighted by atomic mass is 16.5. The second-order valence-corrected chi connectivity index (χ2v) is 13.9. The van der Waals surface area contributed by atoms with Crippen LogP contribution in [0, 0.1) is 0 Å². The lowest BCUT2D eigenvalue weighted by molar-refractivity contribution is -0.140. The van der Waals surface area contributed by atoms with Crippen molar-refractivity contribution in [1.82, 2.24) is 9.88 Å². The van der Waals surface area contributed by atoms with Gasteiger partial charge >= 0.3 is 5.97 Å². The molecule has 2 aliphatic heterocycles. The van der Waals surface area contributed by atoms with Gasteiger partial charge in [0.05, 0.1) is 50.2 Å². The van der Waals surface area contributed by atoms with Gasteiger partial charge in [-0.15, -0.1) is 0 Å². The summed E-state index contributed by atoms with van der Waals surface area (Å²) in [5, 5.41) is 9.03. The van der Waals surface area contributed by atoms with Crippen LogP contribution in [0.2, 0.25) is 0 Å². The number of ether oxygens (including phenoxy) is 3. The summed E-state index contributed by atoms with van der Waals surface area (Å²) in [6.45, 7) is 2.93. The average molecular weight is 789 g/mol. The Labute approximate surface area is 334 Å². The van der Waals surface area contributed by atoms with Crippen molar-refractivity contribution in [1.29, 1.82) is 0 Å². The first kappa shape index (κ1) is 39.3. The van der Waals surface area contributed by atoms with Crippen LogP contribution < -0.4 is 30.3 Å². The third-order valence-corrected chi connectivity index (χ3v) is 9.94. The van der Waals surface area contributed by atoms with E-state index in [1.54, 1.807) is 59.8 Å². The lowest BCUT2D eigenvalue weighted by atomic mass is 10.1. The average Bonchev–Trinajstić information content (AvgIpc) is 3.93. The van der Waals surface area contributed by atoms with E-state index in [2.05, 4.69) is 32.6 Å². The minimum Gasteiger partial charge on any atom is -0.493 e. The highest BCUT2D eigenvalue weighted by Crippen LogP contribution is 2.41. The molecule has 0 saturated heterocycles. The minimum absolute atomic E-state index is 0.0315. The molecule has 300 valence electrons. The fourth-order valence-electron chi connectivity index (χ4n) is 7.01. The molecule has 4 amide bonds. The molecular formula is C43H44N6O9. The zero-order valence-electron chi connectivity index (χ0n) is 32.5. The van der Waals surface area contributed by atoms with Crippen molar-refractivity contribution >= 4 is 69.5 Å². The Morgan fingerprint density at radius 3 is 2.57 bits per heavy atom. The van der Waals surface area contributed by atoms with E-state index in [0.717, 1.165) is 24.1 Å². The normalized spacial score (nSPS) is 13.9. The topological polar surface area (TPSA) is 183 Å². The maximum atomic E-state index is 13.7. The Kier molecular flexibility index (Phi) is 11.9. The molecule has 0 unspecified atom stereocenters.